The van der Waals surface area contributed by atoms with Crippen molar-refractivity contribution in [3.8, 4) is 57.5 Å². The minimum atomic E-state index is -0.768. The quantitative estimate of drug-likeness (QED) is 0.0803. The van der Waals surface area contributed by atoms with Crippen molar-refractivity contribution < 1.29 is 79.5 Å². The van der Waals surface area contributed by atoms with E-state index in [2.05, 4.69) is 234 Å². The van der Waals surface area contributed by atoms with Crippen molar-refractivity contribution >= 4 is 107 Å². The molecule has 8 heterocycles. The molecule has 0 N–H and O–H groups in total. The van der Waals surface area contributed by atoms with Crippen LogP contribution in [0.15, 0.2) is 303 Å². The first kappa shape index (κ1) is 95.5. The number of hydrogen-bond donors (Lipinski definition) is 0. The summed E-state index contributed by atoms with van der Waals surface area (Å²) < 4.78 is 126. The van der Waals surface area contributed by atoms with Crippen LogP contribution in [0, 0.1) is 31.3 Å². The van der Waals surface area contributed by atoms with Gasteiger partial charge in [-0.2, -0.15) is 0 Å². The van der Waals surface area contributed by atoms with Gasteiger partial charge in [0, 0.05) is 171 Å². The van der Waals surface area contributed by atoms with E-state index >= 15 is 0 Å². The largest absolute Gasteiger partial charge is 0.497 e. The Labute approximate surface area is 842 Å². The van der Waals surface area contributed by atoms with Crippen LogP contribution in [0.4, 0.5) is 35.9 Å². The molecule has 3 unspecified atom stereocenters. The highest BCUT2D eigenvalue weighted by atomic mass is 19.1. The van der Waals surface area contributed by atoms with Gasteiger partial charge in [0.05, 0.1) is 95.5 Å². The van der Waals surface area contributed by atoms with E-state index in [1.54, 1.807) is 64.8 Å². The number of anilines is 4. The lowest BCUT2D eigenvalue weighted by Crippen LogP contribution is -2.36. The highest BCUT2D eigenvalue weighted by molar-refractivity contribution is 6.09. The topological polar surface area (TPSA) is 142 Å². The Morgan fingerprint density at radius 3 is 1.06 bits per heavy atom. The number of hydrogen-bond acceptors (Lipinski definition) is 18. The number of aryl methyl sites for hydroxylation is 1. The maximum atomic E-state index is 14.8. The number of rotatable bonds is 18. The normalized spacial score (nSPS) is 17.0. The maximum Gasteiger partial charge on any atom is 0.178 e. The molecule has 3 atom stereocenters. The lowest BCUT2D eigenvalue weighted by molar-refractivity contribution is 0.122. The Hall–Kier alpha value is -15.7. The summed E-state index contributed by atoms with van der Waals surface area (Å²) >= 11 is 0. The Morgan fingerprint density at radius 2 is 0.648 bits per heavy atom. The zero-order chi connectivity index (χ0) is 99.2. The average Bonchev–Trinajstić information content (AvgIpc) is 0.736. The molecule has 24 rings (SSSR count). The Bertz CT molecular complexity index is 7530. The molecule has 0 amide bonds. The third kappa shape index (κ3) is 19.4. The van der Waals surface area contributed by atoms with Crippen molar-refractivity contribution in [2.45, 2.75) is 37.8 Å². The molecule has 16 aromatic carbocycles. The first-order valence-corrected chi connectivity index (χ1v) is 49.3. The minimum absolute atomic E-state index is 0.145. The van der Waals surface area contributed by atoms with Gasteiger partial charge in [-0.1, -0.05) is 188 Å². The second-order valence-electron chi connectivity index (χ2n) is 36.8. The first-order valence-electron chi connectivity index (χ1n) is 49.3. The summed E-state index contributed by atoms with van der Waals surface area (Å²) in [5.41, 5.74) is 20.7. The van der Waals surface area contributed by atoms with Crippen molar-refractivity contribution in [1.29, 1.82) is 0 Å². The van der Waals surface area contributed by atoms with Crippen LogP contribution < -0.4 is 67.0 Å². The molecule has 0 aromatic heterocycles. The van der Waals surface area contributed by atoms with Gasteiger partial charge >= 0.3 is 0 Å². The zero-order valence-electron chi connectivity index (χ0n) is 82.4. The van der Waals surface area contributed by atoms with Crippen LogP contribution in [-0.4, -0.2) is 148 Å². The summed E-state index contributed by atoms with van der Waals surface area (Å²) in [6, 6.07) is 97.7. The summed E-state index contributed by atoms with van der Waals surface area (Å²) in [5.74, 6) is 5.65. The van der Waals surface area contributed by atoms with Crippen molar-refractivity contribution in [2.24, 2.45) is 0 Å². The van der Waals surface area contributed by atoms with E-state index in [4.69, 9.17) is 66.3 Å². The fourth-order valence-electron chi connectivity index (χ4n) is 20.9. The number of ether oxygens (including phenoxy) is 14. The summed E-state index contributed by atoms with van der Waals surface area (Å²) in [4.78, 5) is 9.42. The summed E-state index contributed by atoms with van der Waals surface area (Å²) in [7, 11) is 9.58. The van der Waals surface area contributed by atoms with Crippen molar-refractivity contribution in [1.82, 2.24) is 0 Å². The molecule has 4 fully saturated rings. The maximum absolute atomic E-state index is 14.8. The van der Waals surface area contributed by atoms with E-state index in [0.717, 1.165) is 219 Å². The standard InChI is InChI=1S/C33H31FN2O3.C31H27F2NO4.C31H29NO4.C29H26O3/c34-25-5-3-4-24(20-25)33-29(23-8-10-26(11-9-23)35-12-16-37-17-13-35)21-30-27-6-1-2-7-28(27)31(22-32(30)39-33)36-14-18-38-19-15-36;1-35-28-9-7-19(15-25(28)32)23-17-24-21-5-3-4-6-22(21)27(34-11-13-37-14-12-34)18-30(24)38-31(23)20-8-10-29(36-2)26(33)16-20;1-33-23-11-7-21(8-12-23)27-19-28-25-5-3-4-6-26(25)29(32-15-17-35-18-16-32)20-30(28)36-31(27)22-9-13-24(34-2)14-10-22;1-19-20(2)26-17-18-29(21-9-13-23(30-3)14-10-21,22-11-15-24(31-4)16-12-22)32-28(26)27-8-6-5-7-25(19)27/h1-11,20-22,33H,12-19H2;3-10,15-18,31H,11-14H2,1-2H3;3-14,19-20,31H,15-18H2,1-2H3;5-18H,1-4H3. The molecule has 18 nitrogen and oxygen atoms in total. The number of benzene rings is 16. The van der Waals surface area contributed by atoms with Crippen LogP contribution in [0.25, 0.3) is 84.1 Å². The molecule has 0 bridgehead atoms. The number of nitrogens with zero attached hydrogens (tertiary/aromatic N) is 4. The van der Waals surface area contributed by atoms with E-state index in [-0.39, 0.29) is 23.4 Å². The van der Waals surface area contributed by atoms with Crippen molar-refractivity contribution in [2.75, 3.05) is 167 Å². The lowest BCUT2D eigenvalue weighted by atomic mass is 9.82. The summed E-state index contributed by atoms with van der Waals surface area (Å²) in [6.45, 7) is 16.8. The second-order valence-corrected chi connectivity index (χ2v) is 36.8. The van der Waals surface area contributed by atoms with Crippen molar-refractivity contribution in [3.05, 3.63) is 399 Å². The van der Waals surface area contributed by atoms with E-state index in [0.29, 0.717) is 48.9 Å². The number of halogens is 3. The third-order valence-corrected chi connectivity index (χ3v) is 28.7. The van der Waals surface area contributed by atoms with Crippen LogP contribution in [0.1, 0.15) is 96.2 Å². The lowest BCUT2D eigenvalue weighted by Gasteiger charge is -2.37. The second kappa shape index (κ2) is 42.5. The molecule has 16 aromatic rings. The number of morpholine rings is 4. The molecular formula is C124H113F3N4O14. The van der Waals surface area contributed by atoms with Crippen LogP contribution in [0.3, 0.4) is 0 Å². The van der Waals surface area contributed by atoms with E-state index < -0.39 is 29.4 Å². The van der Waals surface area contributed by atoms with E-state index in [1.807, 2.05) is 72.8 Å². The minimum Gasteiger partial charge on any atom is -0.497 e. The predicted molar refractivity (Wildman–Crippen MR) is 572 cm³/mol. The van der Waals surface area contributed by atoms with Crippen LogP contribution in [0.2, 0.25) is 0 Å². The Morgan fingerprint density at radius 1 is 0.297 bits per heavy atom. The summed E-state index contributed by atoms with van der Waals surface area (Å²) in [5, 5.41) is 9.24. The number of fused-ring (bicyclic) bond motifs is 12. The van der Waals surface area contributed by atoms with E-state index in [1.165, 1.54) is 76.5 Å². The SMILES string of the molecule is COc1ccc(C2(c3ccc(OC)cc3)C=Cc3c(C)c(C)c4ccccc4c3O2)cc1.COc1ccc(C2=Cc3c(cc(N4CCOCC4)c4ccccc34)OC2c2ccc(OC)c(F)c2)cc1F.COc1ccc(C2=Cc3c(cc(N4CCOCC4)c4ccccc34)OC2c2ccc(OC)cc2)cc1.Fc1cccc(C2Oc3cc(N4CCOCC4)c4ccccc4c3C=C2c2ccc(N3CCOCC3)cc2)c1. The molecule has 8 aliphatic heterocycles. The van der Waals surface area contributed by atoms with Crippen LogP contribution in [0.5, 0.6) is 57.5 Å². The first-order chi connectivity index (χ1) is 71.1. The van der Waals surface area contributed by atoms with Gasteiger partial charge in [0.1, 0.15) is 70.1 Å². The molecule has 0 saturated carbocycles. The summed E-state index contributed by atoms with van der Waals surface area (Å²) in [6.07, 6.45) is 9.58. The third-order valence-electron chi connectivity index (χ3n) is 28.7. The van der Waals surface area contributed by atoms with Gasteiger partial charge in [0.2, 0.25) is 0 Å². The molecule has 4 saturated heterocycles. The molecule has 145 heavy (non-hydrogen) atoms. The molecule has 8 aliphatic rings. The van der Waals surface area contributed by atoms with Gasteiger partial charge in [-0.3, -0.25) is 0 Å². The van der Waals surface area contributed by atoms with E-state index in [9.17, 15) is 13.2 Å². The smallest absolute Gasteiger partial charge is 0.178 e. The highest BCUT2D eigenvalue weighted by Gasteiger charge is 2.40. The van der Waals surface area contributed by atoms with Gasteiger partial charge in [0.15, 0.2) is 28.7 Å². The fraction of sp³-hybridized carbons (Fsp3) is 0.226. The Balaban J connectivity index is 0.000000114. The van der Waals surface area contributed by atoms with Crippen LogP contribution >= 0.6 is 0 Å². The van der Waals surface area contributed by atoms with Gasteiger partial charge < -0.3 is 85.9 Å². The fourth-order valence-corrected chi connectivity index (χ4v) is 20.9. The molecule has 734 valence electrons. The molecule has 0 radical (unpaired) electrons. The van der Waals surface area contributed by atoms with Gasteiger partial charge in [-0.25, -0.2) is 13.2 Å². The van der Waals surface area contributed by atoms with Gasteiger partial charge in [-0.15, -0.1) is 0 Å². The van der Waals surface area contributed by atoms with Crippen LogP contribution in [-0.2, 0) is 24.5 Å². The molecular weight excluding hydrogens is 1830 g/mol. The van der Waals surface area contributed by atoms with Gasteiger partial charge in [-0.05, 0) is 196 Å². The average molecular weight is 1940 g/mol. The van der Waals surface area contributed by atoms with Crippen molar-refractivity contribution in [3.63, 3.8) is 0 Å². The predicted octanol–water partition coefficient (Wildman–Crippen LogP) is 26.2. The monoisotopic (exact) mass is 1940 g/mol. The highest BCUT2D eigenvalue weighted by Crippen LogP contribution is 2.54. The molecule has 0 spiro atoms. The van der Waals surface area contributed by atoms with Gasteiger partial charge in [0.25, 0.3) is 0 Å². The zero-order valence-corrected chi connectivity index (χ0v) is 82.4. The molecule has 21 heteroatoms. The molecule has 0 aliphatic carbocycles. The number of methoxy groups -OCH3 is 6. The Kier molecular flexibility index (Phi) is 28.0.